The quantitative estimate of drug-likeness (QED) is 0.426. The molecule has 4 heterocycles. The summed E-state index contributed by atoms with van der Waals surface area (Å²) in [6, 6.07) is 6.25. The standard InChI is InChI=1S/C31H41N5O5S2/c1-40-16-15-34-11-13-35(14-12-34)31-32-23(19-43-31)20-7-9-22(10-8-20)29(38)33-26(21-5-3-4-6-21)30(39)36-17-25(42-2)28-27(36)24(37)18-41-28/h7-10,19,21,25-28H,3-6,11-18H2,1-2H3,(H,33,38)/t25-,26-,27+,28-/m0/s1. The predicted molar refractivity (Wildman–Crippen MR) is 169 cm³/mol. The van der Waals surface area contributed by atoms with Gasteiger partial charge in [-0.1, -0.05) is 25.0 Å². The maximum absolute atomic E-state index is 14.0. The van der Waals surface area contributed by atoms with E-state index in [0.717, 1.165) is 81.4 Å². The van der Waals surface area contributed by atoms with Gasteiger partial charge in [-0.25, -0.2) is 4.98 Å². The number of ether oxygens (including phenoxy) is 2. The summed E-state index contributed by atoms with van der Waals surface area (Å²) in [7, 11) is 1.74. The highest BCUT2D eigenvalue weighted by molar-refractivity contribution is 7.99. The van der Waals surface area contributed by atoms with E-state index in [2.05, 4.69) is 20.5 Å². The Morgan fingerprint density at radius 1 is 1.16 bits per heavy atom. The molecule has 1 aliphatic carbocycles. The summed E-state index contributed by atoms with van der Waals surface area (Å²) in [6.07, 6.45) is 5.58. The highest BCUT2D eigenvalue weighted by Crippen LogP contribution is 2.36. The smallest absolute Gasteiger partial charge is 0.251 e. The van der Waals surface area contributed by atoms with E-state index in [4.69, 9.17) is 14.5 Å². The minimum absolute atomic E-state index is 0.0449. The van der Waals surface area contributed by atoms with E-state index in [1.807, 2.05) is 18.4 Å². The topological polar surface area (TPSA) is 104 Å². The maximum Gasteiger partial charge on any atom is 0.251 e. The first-order valence-electron chi connectivity index (χ1n) is 15.3. The average Bonchev–Trinajstić information content (AvgIpc) is 3.85. The van der Waals surface area contributed by atoms with Gasteiger partial charge in [-0.3, -0.25) is 19.3 Å². The molecule has 10 nitrogen and oxygen atoms in total. The van der Waals surface area contributed by atoms with Gasteiger partial charge in [0.15, 0.2) is 10.9 Å². The van der Waals surface area contributed by atoms with Crippen LogP contribution in [0.3, 0.4) is 0 Å². The van der Waals surface area contributed by atoms with Crippen LogP contribution in [-0.4, -0.2) is 122 Å². The van der Waals surface area contributed by atoms with Crippen LogP contribution in [0.25, 0.3) is 11.3 Å². The number of amides is 2. The molecule has 0 radical (unpaired) electrons. The van der Waals surface area contributed by atoms with Gasteiger partial charge in [-0.05, 0) is 37.1 Å². The Hall–Kier alpha value is -2.51. The number of hydrogen-bond acceptors (Lipinski definition) is 10. The summed E-state index contributed by atoms with van der Waals surface area (Å²) in [5.74, 6) is -0.406. The number of anilines is 1. The third-order valence-corrected chi connectivity index (χ3v) is 11.3. The molecule has 3 aliphatic heterocycles. The van der Waals surface area contributed by atoms with E-state index in [9.17, 15) is 14.4 Å². The number of thiazole rings is 1. The Balaban J connectivity index is 1.11. The molecule has 4 fully saturated rings. The number of nitrogens with one attached hydrogen (secondary N) is 1. The molecule has 1 N–H and O–H groups in total. The van der Waals surface area contributed by atoms with Crippen molar-refractivity contribution in [2.75, 3.05) is 70.7 Å². The summed E-state index contributed by atoms with van der Waals surface area (Å²) in [6.45, 7) is 6.09. The molecule has 12 heteroatoms. The number of piperazine rings is 1. The zero-order valence-corrected chi connectivity index (χ0v) is 26.5. The van der Waals surface area contributed by atoms with Crippen molar-refractivity contribution >= 4 is 45.8 Å². The molecule has 4 atom stereocenters. The molecule has 6 rings (SSSR count). The summed E-state index contributed by atoms with van der Waals surface area (Å²) < 4.78 is 11.0. The number of benzene rings is 1. The van der Waals surface area contributed by atoms with Crippen LogP contribution < -0.4 is 10.2 Å². The van der Waals surface area contributed by atoms with Crippen LogP contribution in [0.1, 0.15) is 36.0 Å². The van der Waals surface area contributed by atoms with Gasteiger partial charge in [0.2, 0.25) is 5.91 Å². The van der Waals surface area contributed by atoms with Crippen molar-refractivity contribution in [1.29, 1.82) is 0 Å². The van der Waals surface area contributed by atoms with Crippen molar-refractivity contribution in [2.24, 2.45) is 5.92 Å². The molecule has 2 aromatic rings. The van der Waals surface area contributed by atoms with E-state index in [1.54, 1.807) is 47.2 Å². The number of carbonyl (C=O) groups excluding carboxylic acids is 3. The fraction of sp³-hybridized carbons (Fsp3) is 0.613. The number of nitrogens with zero attached hydrogens (tertiary/aromatic N) is 4. The molecule has 1 aromatic carbocycles. The molecule has 1 aromatic heterocycles. The predicted octanol–water partition coefficient (Wildman–Crippen LogP) is 2.78. The summed E-state index contributed by atoms with van der Waals surface area (Å²) in [5, 5.41) is 6.22. The van der Waals surface area contributed by atoms with Crippen LogP contribution in [-0.2, 0) is 19.1 Å². The third-order valence-electron chi connectivity index (χ3n) is 9.34. The molecule has 2 amide bonds. The van der Waals surface area contributed by atoms with Gasteiger partial charge in [0.25, 0.3) is 5.91 Å². The van der Waals surface area contributed by atoms with Gasteiger partial charge in [-0.2, -0.15) is 11.8 Å². The van der Waals surface area contributed by atoms with E-state index in [-0.39, 0.29) is 41.5 Å². The first-order chi connectivity index (χ1) is 21.0. The lowest BCUT2D eigenvalue weighted by molar-refractivity contribution is -0.139. The number of methoxy groups -OCH3 is 1. The molecular formula is C31H41N5O5S2. The summed E-state index contributed by atoms with van der Waals surface area (Å²) in [5.41, 5.74) is 2.35. The Labute approximate surface area is 261 Å². The van der Waals surface area contributed by atoms with Crippen LogP contribution in [0.4, 0.5) is 5.13 Å². The molecule has 0 spiro atoms. The number of ketones is 1. The average molecular weight is 628 g/mol. The van der Waals surface area contributed by atoms with E-state index >= 15 is 0 Å². The van der Waals surface area contributed by atoms with Gasteiger partial charge < -0.3 is 24.6 Å². The van der Waals surface area contributed by atoms with Crippen LogP contribution in [0.15, 0.2) is 29.6 Å². The van der Waals surface area contributed by atoms with Crippen molar-refractivity contribution in [2.45, 2.75) is 49.1 Å². The van der Waals surface area contributed by atoms with Gasteiger partial charge >= 0.3 is 0 Å². The molecule has 4 aliphatic rings. The zero-order valence-electron chi connectivity index (χ0n) is 24.9. The molecule has 43 heavy (non-hydrogen) atoms. The maximum atomic E-state index is 14.0. The first kappa shape index (κ1) is 30.5. The number of rotatable bonds is 10. The Morgan fingerprint density at radius 3 is 2.60 bits per heavy atom. The monoisotopic (exact) mass is 627 g/mol. The fourth-order valence-electron chi connectivity index (χ4n) is 6.84. The molecule has 0 unspecified atom stereocenters. The van der Waals surface area contributed by atoms with Crippen LogP contribution in [0, 0.1) is 5.92 Å². The SMILES string of the molecule is COCCN1CCN(c2nc(-c3ccc(C(=O)N[C@H](C(=O)N4C[C@H](SC)[C@@H]5OCC(=O)[C@H]54)C4CCCC4)cc3)cs2)CC1. The first-order valence-corrected chi connectivity index (χ1v) is 17.4. The lowest BCUT2D eigenvalue weighted by atomic mass is 9.95. The van der Waals surface area contributed by atoms with Crippen molar-refractivity contribution in [3.8, 4) is 11.3 Å². The lowest BCUT2D eigenvalue weighted by Crippen LogP contribution is -2.54. The normalized spacial score (nSPS) is 25.3. The van der Waals surface area contributed by atoms with Crippen LogP contribution in [0.2, 0.25) is 0 Å². The highest BCUT2D eigenvalue weighted by Gasteiger charge is 2.53. The summed E-state index contributed by atoms with van der Waals surface area (Å²) in [4.78, 5) is 51.4. The third kappa shape index (κ3) is 6.49. The van der Waals surface area contributed by atoms with Crippen molar-refractivity contribution in [3.63, 3.8) is 0 Å². The van der Waals surface area contributed by atoms with Crippen molar-refractivity contribution < 1.29 is 23.9 Å². The zero-order chi connectivity index (χ0) is 29.9. The molecular weight excluding hydrogens is 587 g/mol. The van der Waals surface area contributed by atoms with Crippen LogP contribution in [0.5, 0.6) is 0 Å². The number of aromatic nitrogens is 1. The lowest BCUT2D eigenvalue weighted by Gasteiger charge is -2.34. The van der Waals surface area contributed by atoms with Gasteiger partial charge in [-0.15, -0.1) is 11.3 Å². The van der Waals surface area contributed by atoms with Gasteiger partial charge in [0.05, 0.1) is 23.7 Å². The second-order valence-corrected chi connectivity index (χ2v) is 13.8. The number of carbonyl (C=O) groups is 3. The second kappa shape index (κ2) is 13.6. The van der Waals surface area contributed by atoms with E-state index < -0.39 is 12.1 Å². The number of hydrogen-bond donors (Lipinski definition) is 1. The Morgan fingerprint density at radius 2 is 1.91 bits per heavy atom. The van der Waals surface area contributed by atoms with Crippen molar-refractivity contribution in [3.05, 3.63) is 35.2 Å². The number of thioether (sulfide) groups is 1. The van der Waals surface area contributed by atoms with Crippen LogP contribution >= 0.6 is 23.1 Å². The van der Waals surface area contributed by atoms with E-state index in [0.29, 0.717) is 12.1 Å². The molecule has 0 bridgehead atoms. The minimum atomic E-state index is -0.652. The largest absolute Gasteiger partial charge is 0.383 e. The fourth-order valence-corrected chi connectivity index (χ4v) is 8.53. The number of Topliss-reactive ketones (excluding diaryl/α,β-unsaturated/α-hetero) is 1. The van der Waals surface area contributed by atoms with Gasteiger partial charge in [0, 0.05) is 62.9 Å². The number of fused-ring (bicyclic) bond motifs is 1. The Kier molecular flexibility index (Phi) is 9.68. The van der Waals surface area contributed by atoms with Gasteiger partial charge in [0.1, 0.15) is 18.7 Å². The second-order valence-electron chi connectivity index (χ2n) is 11.9. The molecule has 1 saturated carbocycles. The van der Waals surface area contributed by atoms with E-state index in [1.165, 1.54) is 0 Å². The highest BCUT2D eigenvalue weighted by atomic mass is 32.2. The molecule has 3 saturated heterocycles. The summed E-state index contributed by atoms with van der Waals surface area (Å²) >= 11 is 3.27. The molecule has 232 valence electrons. The minimum Gasteiger partial charge on any atom is -0.383 e. The Bertz CT molecular complexity index is 1290. The number of likely N-dealkylation sites (tertiary alicyclic amines) is 1. The van der Waals surface area contributed by atoms with Crippen molar-refractivity contribution in [1.82, 2.24) is 20.1 Å².